The van der Waals surface area contributed by atoms with Gasteiger partial charge in [0.1, 0.15) is 0 Å². The summed E-state index contributed by atoms with van der Waals surface area (Å²) in [5.74, 6) is 2.11. The van der Waals surface area contributed by atoms with E-state index in [0.29, 0.717) is 12.5 Å². The molecule has 1 N–H and O–H groups in total. The normalized spacial score (nSPS) is 18.9. The molecule has 100 valence electrons. The van der Waals surface area contributed by atoms with Crippen LogP contribution < -0.4 is 14.8 Å². The SMILES string of the molecule is COCc1cc(C2CCNC2)cc(OC)c1OC. The predicted molar refractivity (Wildman–Crippen MR) is 70.5 cm³/mol. The number of benzene rings is 1. The Morgan fingerprint density at radius 2 is 2.06 bits per heavy atom. The molecule has 1 atom stereocenters. The number of methoxy groups -OCH3 is 3. The van der Waals surface area contributed by atoms with Gasteiger partial charge in [-0.1, -0.05) is 0 Å². The van der Waals surface area contributed by atoms with Crippen LogP contribution in [0.2, 0.25) is 0 Å². The molecule has 18 heavy (non-hydrogen) atoms. The fraction of sp³-hybridized carbons (Fsp3) is 0.571. The molecule has 1 aromatic carbocycles. The highest BCUT2D eigenvalue weighted by Crippen LogP contribution is 2.36. The van der Waals surface area contributed by atoms with Crippen molar-refractivity contribution in [2.24, 2.45) is 0 Å². The lowest BCUT2D eigenvalue weighted by molar-refractivity contribution is 0.180. The zero-order valence-corrected chi connectivity index (χ0v) is 11.3. The lowest BCUT2D eigenvalue weighted by Gasteiger charge is -2.17. The maximum Gasteiger partial charge on any atom is 0.166 e. The fourth-order valence-corrected chi connectivity index (χ4v) is 2.50. The summed E-state index contributed by atoms with van der Waals surface area (Å²) in [6.07, 6.45) is 1.17. The maximum atomic E-state index is 5.42. The summed E-state index contributed by atoms with van der Waals surface area (Å²) in [6.45, 7) is 2.65. The van der Waals surface area contributed by atoms with E-state index in [1.54, 1.807) is 21.3 Å². The van der Waals surface area contributed by atoms with Crippen LogP contribution in [0.1, 0.15) is 23.5 Å². The van der Waals surface area contributed by atoms with Crippen LogP contribution in [0.25, 0.3) is 0 Å². The summed E-state index contributed by atoms with van der Waals surface area (Å²) >= 11 is 0. The van der Waals surface area contributed by atoms with Gasteiger partial charge in [-0.25, -0.2) is 0 Å². The van der Waals surface area contributed by atoms with Crippen molar-refractivity contribution in [2.75, 3.05) is 34.4 Å². The zero-order valence-electron chi connectivity index (χ0n) is 11.3. The average molecular weight is 251 g/mol. The molecule has 1 heterocycles. The van der Waals surface area contributed by atoms with Crippen LogP contribution in [0, 0.1) is 0 Å². The van der Waals surface area contributed by atoms with Crippen LogP contribution in [0.4, 0.5) is 0 Å². The van der Waals surface area contributed by atoms with Gasteiger partial charge in [-0.3, -0.25) is 0 Å². The van der Waals surface area contributed by atoms with E-state index in [4.69, 9.17) is 14.2 Å². The molecule has 1 aliphatic heterocycles. The molecule has 2 rings (SSSR count). The minimum absolute atomic E-state index is 0.535. The Balaban J connectivity index is 2.38. The second-order valence-electron chi connectivity index (χ2n) is 4.54. The molecule has 1 aliphatic rings. The lowest BCUT2D eigenvalue weighted by Crippen LogP contribution is -2.09. The van der Waals surface area contributed by atoms with Gasteiger partial charge in [-0.2, -0.15) is 0 Å². The standard InChI is InChI=1S/C14H21NO3/c1-16-9-12-6-11(10-4-5-15-8-10)7-13(17-2)14(12)18-3/h6-7,10,15H,4-5,8-9H2,1-3H3. The third kappa shape index (κ3) is 2.60. The molecule has 1 unspecified atom stereocenters. The van der Waals surface area contributed by atoms with Gasteiger partial charge in [-0.05, 0) is 36.6 Å². The first-order valence-corrected chi connectivity index (χ1v) is 6.24. The Morgan fingerprint density at radius 1 is 1.22 bits per heavy atom. The number of nitrogens with one attached hydrogen (secondary N) is 1. The first-order chi connectivity index (χ1) is 8.80. The van der Waals surface area contributed by atoms with Crippen molar-refractivity contribution in [3.63, 3.8) is 0 Å². The topological polar surface area (TPSA) is 39.7 Å². The van der Waals surface area contributed by atoms with Crippen molar-refractivity contribution in [3.05, 3.63) is 23.3 Å². The van der Waals surface area contributed by atoms with Gasteiger partial charge in [0.25, 0.3) is 0 Å². The van der Waals surface area contributed by atoms with E-state index in [-0.39, 0.29) is 0 Å². The summed E-state index contributed by atoms with van der Waals surface area (Å²) < 4.78 is 16.1. The number of hydrogen-bond donors (Lipinski definition) is 1. The summed E-state index contributed by atoms with van der Waals surface area (Å²) in [6, 6.07) is 4.25. The first kappa shape index (κ1) is 13.2. The molecule has 1 fully saturated rings. The molecule has 1 aromatic rings. The molecule has 0 aliphatic carbocycles. The molecule has 0 radical (unpaired) electrons. The van der Waals surface area contributed by atoms with Gasteiger partial charge < -0.3 is 19.5 Å². The fourth-order valence-electron chi connectivity index (χ4n) is 2.50. The van der Waals surface area contributed by atoms with Crippen molar-refractivity contribution in [1.82, 2.24) is 5.32 Å². The predicted octanol–water partition coefficient (Wildman–Crippen LogP) is 1.93. The third-order valence-electron chi connectivity index (χ3n) is 3.41. The number of hydrogen-bond acceptors (Lipinski definition) is 4. The number of rotatable bonds is 5. The Kier molecular flexibility index (Phi) is 4.44. The molecule has 4 heteroatoms. The monoisotopic (exact) mass is 251 g/mol. The van der Waals surface area contributed by atoms with Crippen molar-refractivity contribution >= 4 is 0 Å². The smallest absolute Gasteiger partial charge is 0.166 e. The summed E-state index contributed by atoms with van der Waals surface area (Å²) in [4.78, 5) is 0. The molecule has 4 nitrogen and oxygen atoms in total. The minimum Gasteiger partial charge on any atom is -0.493 e. The van der Waals surface area contributed by atoms with Crippen molar-refractivity contribution in [1.29, 1.82) is 0 Å². The molecule has 0 aromatic heterocycles. The molecule has 0 saturated carbocycles. The summed E-state index contributed by atoms with van der Waals surface area (Å²) in [5.41, 5.74) is 2.34. The lowest BCUT2D eigenvalue weighted by atomic mass is 9.96. The van der Waals surface area contributed by atoms with Crippen molar-refractivity contribution in [2.45, 2.75) is 18.9 Å². The van der Waals surface area contributed by atoms with E-state index in [1.807, 2.05) is 0 Å². The Hall–Kier alpha value is -1.26. The van der Waals surface area contributed by atoms with E-state index in [1.165, 1.54) is 12.0 Å². The average Bonchev–Trinajstić information content (AvgIpc) is 2.92. The van der Waals surface area contributed by atoms with E-state index >= 15 is 0 Å². The molecule has 0 bridgehead atoms. The summed E-state index contributed by atoms with van der Waals surface area (Å²) in [7, 11) is 5.02. The molecule has 1 saturated heterocycles. The first-order valence-electron chi connectivity index (χ1n) is 6.24. The highest BCUT2D eigenvalue weighted by molar-refractivity contribution is 5.50. The second-order valence-corrected chi connectivity index (χ2v) is 4.54. The van der Waals surface area contributed by atoms with Gasteiger partial charge in [0.2, 0.25) is 0 Å². The van der Waals surface area contributed by atoms with Gasteiger partial charge in [0, 0.05) is 19.2 Å². The molecular weight excluding hydrogens is 230 g/mol. The zero-order chi connectivity index (χ0) is 13.0. The highest BCUT2D eigenvalue weighted by atomic mass is 16.5. The van der Waals surface area contributed by atoms with Crippen LogP contribution >= 0.6 is 0 Å². The Bertz CT molecular complexity index is 400. The Labute approximate surface area is 108 Å². The quantitative estimate of drug-likeness (QED) is 0.868. The highest BCUT2D eigenvalue weighted by Gasteiger charge is 2.20. The van der Waals surface area contributed by atoms with Crippen molar-refractivity contribution in [3.8, 4) is 11.5 Å². The molecular formula is C14H21NO3. The summed E-state index contributed by atoms with van der Waals surface area (Å²) in [5, 5.41) is 3.39. The second kappa shape index (κ2) is 6.07. The molecule has 0 spiro atoms. The van der Waals surface area contributed by atoms with Gasteiger partial charge in [-0.15, -0.1) is 0 Å². The van der Waals surface area contributed by atoms with Crippen LogP contribution in [0.15, 0.2) is 12.1 Å². The number of ether oxygens (including phenoxy) is 3. The van der Waals surface area contributed by atoms with Gasteiger partial charge in [0.15, 0.2) is 11.5 Å². The van der Waals surface area contributed by atoms with Crippen LogP contribution in [0.5, 0.6) is 11.5 Å². The third-order valence-corrected chi connectivity index (χ3v) is 3.41. The Morgan fingerprint density at radius 3 is 2.61 bits per heavy atom. The van der Waals surface area contributed by atoms with Crippen LogP contribution in [-0.4, -0.2) is 34.4 Å². The van der Waals surface area contributed by atoms with E-state index in [9.17, 15) is 0 Å². The van der Waals surface area contributed by atoms with Crippen LogP contribution in [0.3, 0.4) is 0 Å². The van der Waals surface area contributed by atoms with Crippen molar-refractivity contribution < 1.29 is 14.2 Å². The van der Waals surface area contributed by atoms with Gasteiger partial charge in [0.05, 0.1) is 20.8 Å². The maximum absolute atomic E-state index is 5.42. The van der Waals surface area contributed by atoms with E-state index in [0.717, 1.165) is 30.2 Å². The molecule has 0 amide bonds. The minimum atomic E-state index is 0.535. The largest absolute Gasteiger partial charge is 0.493 e. The van der Waals surface area contributed by atoms with E-state index < -0.39 is 0 Å². The van der Waals surface area contributed by atoms with Gasteiger partial charge >= 0.3 is 0 Å². The van der Waals surface area contributed by atoms with Crippen LogP contribution in [-0.2, 0) is 11.3 Å². The van der Waals surface area contributed by atoms with E-state index in [2.05, 4.69) is 17.4 Å².